The Hall–Kier alpha value is -4.19. The molecule has 2 heterocycles. The molecule has 3 aromatic rings. The van der Waals surface area contributed by atoms with E-state index in [0.717, 1.165) is 36.6 Å². The van der Waals surface area contributed by atoms with Crippen LogP contribution < -0.4 is 20.1 Å². The third-order valence-electron chi connectivity index (χ3n) is 11.4. The first-order valence-corrected chi connectivity index (χ1v) is 21.9. The van der Waals surface area contributed by atoms with Gasteiger partial charge in [0.05, 0.1) is 38.1 Å². The third kappa shape index (κ3) is 9.11. The predicted molar refractivity (Wildman–Crippen MR) is 218 cm³/mol. The van der Waals surface area contributed by atoms with E-state index in [1.54, 1.807) is 21.0 Å². The lowest BCUT2D eigenvalue weighted by Gasteiger charge is -2.36. The van der Waals surface area contributed by atoms with Gasteiger partial charge in [-0.05, 0) is 75.3 Å². The monoisotopic (exact) mass is 806 g/mol. The summed E-state index contributed by atoms with van der Waals surface area (Å²) >= 11 is 0. The lowest BCUT2D eigenvalue weighted by atomic mass is 9.85. The molecule has 0 spiro atoms. The van der Waals surface area contributed by atoms with Crippen LogP contribution in [0.2, 0.25) is 0 Å². The summed E-state index contributed by atoms with van der Waals surface area (Å²) in [6.07, 6.45) is 2.55. The number of hydrogen-bond acceptors (Lipinski definition) is 10. The van der Waals surface area contributed by atoms with Crippen LogP contribution in [0.4, 0.5) is 4.79 Å². The third-order valence-corrected chi connectivity index (χ3v) is 14.2. The fourth-order valence-corrected chi connectivity index (χ4v) is 10.9. The Morgan fingerprint density at radius 2 is 1.67 bits per heavy atom. The quantitative estimate of drug-likeness (QED) is 0.144. The number of nitrogens with one attached hydrogen (secondary N) is 2. The van der Waals surface area contributed by atoms with Crippen LogP contribution in [-0.2, 0) is 27.9 Å². The first kappa shape index (κ1) is 42.4. The summed E-state index contributed by atoms with van der Waals surface area (Å²) < 4.78 is 44.2. The molecule has 1 aromatic heterocycles. The Labute approximate surface area is 336 Å². The van der Waals surface area contributed by atoms with E-state index >= 15 is 0 Å². The molecule has 0 bridgehead atoms. The average Bonchev–Trinajstić information content (AvgIpc) is 3.45. The van der Waals surface area contributed by atoms with Crippen molar-refractivity contribution >= 4 is 36.4 Å². The minimum atomic E-state index is -3.83. The highest BCUT2D eigenvalue weighted by Gasteiger charge is 2.70. The van der Waals surface area contributed by atoms with E-state index in [0.29, 0.717) is 29.1 Å². The van der Waals surface area contributed by atoms with Crippen molar-refractivity contribution in [1.29, 1.82) is 0 Å². The number of benzene rings is 2. The number of hydrogen-bond donors (Lipinski definition) is 2. The molecule has 3 aliphatic rings. The molecule has 310 valence electrons. The molecule has 2 saturated carbocycles. The molecule has 57 heavy (non-hydrogen) atoms. The van der Waals surface area contributed by atoms with Gasteiger partial charge in [0.2, 0.25) is 11.8 Å². The van der Waals surface area contributed by atoms with Crippen molar-refractivity contribution in [3.05, 3.63) is 54.6 Å². The van der Waals surface area contributed by atoms with Crippen LogP contribution in [-0.4, -0.2) is 84.2 Å². The number of amides is 3. The van der Waals surface area contributed by atoms with E-state index < -0.39 is 54.4 Å². The lowest BCUT2D eigenvalue weighted by molar-refractivity contribution is -0.142. The standard InChI is InChI=1S/C43H59N4O9P/c1-9-53-57(51,54-10-2)43(25-33(43)27(3)4)46-39(48)36-23-31(26-47(36)40(49)38(42(5,6)7)45-41(50)56-29-18-14-15-19-29)55-37-24-34(28-16-12-11-13-17-28)44-35-22-30(52-8)20-21-32(35)37/h11-13,16-17,20-22,24,27,29,31,33,36,38H,9-10,14-15,18-19,23,25-26H2,1-8H3,(H,45,50)(H,46,48)/t31?,33-,36-,38+,43-/m0/s1. The van der Waals surface area contributed by atoms with Crippen LogP contribution in [0.5, 0.6) is 11.5 Å². The zero-order chi connectivity index (χ0) is 41.1. The van der Waals surface area contributed by atoms with Gasteiger partial charge in [0, 0.05) is 29.5 Å². The highest BCUT2D eigenvalue weighted by molar-refractivity contribution is 7.56. The fraction of sp³-hybridized carbons (Fsp3) is 0.581. The predicted octanol–water partition coefficient (Wildman–Crippen LogP) is 8.10. The Bertz CT molecular complexity index is 1950. The number of aromatic nitrogens is 1. The first-order chi connectivity index (χ1) is 27.1. The molecular weight excluding hydrogens is 747 g/mol. The fourth-order valence-electron chi connectivity index (χ4n) is 8.33. The van der Waals surface area contributed by atoms with Crippen molar-refractivity contribution in [2.75, 3.05) is 26.9 Å². The highest BCUT2D eigenvalue weighted by atomic mass is 31.2. The van der Waals surface area contributed by atoms with Crippen molar-refractivity contribution in [2.45, 2.75) is 117 Å². The zero-order valence-corrected chi connectivity index (χ0v) is 35.4. The van der Waals surface area contributed by atoms with Gasteiger partial charge in [0.15, 0.2) is 0 Å². The highest BCUT2D eigenvalue weighted by Crippen LogP contribution is 2.74. The minimum absolute atomic E-state index is 0.0404. The van der Waals surface area contributed by atoms with Crippen LogP contribution >= 0.6 is 7.60 Å². The van der Waals surface area contributed by atoms with E-state index in [-0.39, 0.29) is 44.1 Å². The van der Waals surface area contributed by atoms with Crippen molar-refractivity contribution in [3.8, 4) is 22.8 Å². The molecule has 1 unspecified atom stereocenters. The Morgan fingerprint density at radius 3 is 2.26 bits per heavy atom. The molecule has 3 fully saturated rings. The van der Waals surface area contributed by atoms with Crippen molar-refractivity contribution in [1.82, 2.24) is 20.5 Å². The van der Waals surface area contributed by atoms with Crippen LogP contribution in [0.1, 0.15) is 87.0 Å². The maximum Gasteiger partial charge on any atom is 0.408 e. The number of pyridine rings is 1. The number of alkyl carbamates (subject to hydrolysis) is 1. The number of fused-ring (bicyclic) bond motifs is 1. The Balaban J connectivity index is 1.36. The van der Waals surface area contributed by atoms with Crippen LogP contribution in [0.3, 0.4) is 0 Å². The molecule has 13 nitrogen and oxygen atoms in total. The topological polar surface area (TPSA) is 155 Å². The molecule has 2 aromatic carbocycles. The van der Waals surface area contributed by atoms with Gasteiger partial charge in [-0.25, -0.2) is 9.78 Å². The van der Waals surface area contributed by atoms with Gasteiger partial charge in [-0.15, -0.1) is 0 Å². The summed E-state index contributed by atoms with van der Waals surface area (Å²) in [5, 5.41) is 5.46. The van der Waals surface area contributed by atoms with Crippen LogP contribution in [0.25, 0.3) is 22.2 Å². The second-order valence-corrected chi connectivity index (χ2v) is 19.1. The number of carbonyl (C=O) groups excluding carboxylic acids is 3. The van der Waals surface area contributed by atoms with E-state index in [1.165, 1.54) is 4.90 Å². The minimum Gasteiger partial charge on any atom is -0.497 e. The normalized spacial score (nSPS) is 23.0. The summed E-state index contributed by atoms with van der Waals surface area (Å²) in [4.78, 5) is 49.3. The van der Waals surface area contributed by atoms with E-state index in [2.05, 4.69) is 10.6 Å². The van der Waals surface area contributed by atoms with Crippen LogP contribution in [0, 0.1) is 17.3 Å². The van der Waals surface area contributed by atoms with Crippen molar-refractivity contribution < 1.29 is 42.2 Å². The largest absolute Gasteiger partial charge is 0.497 e. The number of likely N-dealkylation sites (tertiary alicyclic amines) is 1. The van der Waals surface area contributed by atoms with Crippen LogP contribution in [0.15, 0.2) is 54.6 Å². The molecule has 5 atom stereocenters. The first-order valence-electron chi connectivity index (χ1n) is 20.3. The summed E-state index contributed by atoms with van der Waals surface area (Å²) in [6.45, 7) is 13.4. The maximum atomic E-state index is 14.8. The zero-order valence-electron chi connectivity index (χ0n) is 34.5. The lowest BCUT2D eigenvalue weighted by Crippen LogP contribution is -2.58. The molecule has 1 saturated heterocycles. The number of methoxy groups -OCH3 is 1. The summed E-state index contributed by atoms with van der Waals surface area (Å²) in [7, 11) is -2.24. The van der Waals surface area contributed by atoms with Gasteiger partial charge >= 0.3 is 13.7 Å². The summed E-state index contributed by atoms with van der Waals surface area (Å²) in [5.41, 5.74) is 1.47. The van der Waals surface area contributed by atoms with E-state index in [4.69, 9.17) is 28.2 Å². The molecule has 3 amide bonds. The number of carbonyl (C=O) groups is 3. The Kier molecular flexibility index (Phi) is 12.9. The van der Waals surface area contributed by atoms with Gasteiger partial charge in [0.1, 0.15) is 41.1 Å². The summed E-state index contributed by atoms with van der Waals surface area (Å²) in [5.74, 6) is 0.116. The SMILES string of the molecule is CCOP(=O)(OCC)[C@@]1(NC(=O)[C@@H]2CC(Oc3cc(-c4ccccc4)nc4cc(OC)ccc34)CN2C(=O)[C@@H](NC(=O)OC2CCCC2)C(C)(C)C)C[C@H]1C(C)C. The van der Waals surface area contributed by atoms with Gasteiger partial charge < -0.3 is 38.8 Å². The Morgan fingerprint density at radius 1 is 0.982 bits per heavy atom. The van der Waals surface area contributed by atoms with E-state index in [1.807, 2.05) is 89.2 Å². The second-order valence-electron chi connectivity index (χ2n) is 16.8. The molecule has 0 radical (unpaired) electrons. The molecule has 1 aliphatic heterocycles. The second kappa shape index (κ2) is 17.3. The molecular formula is C43H59N4O9P. The van der Waals surface area contributed by atoms with Gasteiger partial charge in [-0.3, -0.25) is 14.2 Å². The van der Waals surface area contributed by atoms with Crippen molar-refractivity contribution in [2.24, 2.45) is 17.3 Å². The number of nitrogens with zero attached hydrogens (tertiary/aromatic N) is 2. The molecule has 14 heteroatoms. The molecule has 2 N–H and O–H groups in total. The summed E-state index contributed by atoms with van der Waals surface area (Å²) in [6, 6.07) is 15.1. The molecule has 6 rings (SSSR count). The number of rotatable bonds is 15. The maximum absolute atomic E-state index is 14.8. The van der Waals surface area contributed by atoms with Gasteiger partial charge in [-0.1, -0.05) is 65.0 Å². The average molecular weight is 807 g/mol. The smallest absolute Gasteiger partial charge is 0.408 e. The number of ether oxygens (including phenoxy) is 3. The van der Waals surface area contributed by atoms with E-state index in [9.17, 15) is 18.9 Å². The van der Waals surface area contributed by atoms with Gasteiger partial charge in [-0.2, -0.15) is 0 Å². The van der Waals surface area contributed by atoms with Crippen molar-refractivity contribution in [3.63, 3.8) is 0 Å². The molecule has 2 aliphatic carbocycles. The van der Waals surface area contributed by atoms with Gasteiger partial charge in [0.25, 0.3) is 0 Å².